The van der Waals surface area contributed by atoms with E-state index in [4.69, 9.17) is 5.73 Å². The van der Waals surface area contributed by atoms with Crippen LogP contribution in [0.4, 0.5) is 0 Å². The zero-order valence-electron chi connectivity index (χ0n) is 11.3. The minimum absolute atomic E-state index is 0.292. The van der Waals surface area contributed by atoms with Crippen LogP contribution in [0.15, 0.2) is 24.3 Å². The predicted molar refractivity (Wildman–Crippen MR) is 74.5 cm³/mol. The monoisotopic (exact) mass is 248 g/mol. The van der Waals surface area contributed by atoms with Crippen molar-refractivity contribution in [2.45, 2.75) is 38.8 Å². The molecule has 0 saturated carbocycles. The molecule has 0 aliphatic carbocycles. The third-order valence-corrected chi connectivity index (χ3v) is 3.83. The third kappa shape index (κ3) is 3.03. The minimum Gasteiger partial charge on any atom is -0.508 e. The zero-order chi connectivity index (χ0) is 13.1. The summed E-state index contributed by atoms with van der Waals surface area (Å²) in [7, 11) is 0. The lowest BCUT2D eigenvalue weighted by molar-refractivity contribution is 0.112. The van der Waals surface area contributed by atoms with Gasteiger partial charge in [-0.25, -0.2) is 0 Å². The average molecular weight is 248 g/mol. The Kier molecular flexibility index (Phi) is 4.25. The lowest BCUT2D eigenvalue weighted by atomic mass is 9.92. The number of phenolic OH excluding ortho intramolecular Hbond substituents is 1. The first-order chi connectivity index (χ1) is 8.60. The number of rotatable bonds is 3. The highest BCUT2D eigenvalue weighted by atomic mass is 16.3. The van der Waals surface area contributed by atoms with Crippen LogP contribution in [0.5, 0.6) is 5.75 Å². The summed E-state index contributed by atoms with van der Waals surface area (Å²) >= 11 is 0. The molecule has 1 heterocycles. The number of hydrogen-bond donors (Lipinski definition) is 2. The van der Waals surface area contributed by atoms with Crippen LogP contribution in [-0.4, -0.2) is 29.1 Å². The van der Waals surface area contributed by atoms with Crippen LogP contribution in [-0.2, 0) is 0 Å². The Balaban J connectivity index is 2.14. The highest BCUT2D eigenvalue weighted by Gasteiger charge is 2.27. The standard InChI is InChI=1S/C15H24N2O/c1-3-15(12-4-6-14(18)7-5-12)17-9-11(2)8-13(16)10-17/h4-7,11,13,15,18H,3,8-10,16H2,1-2H3. The molecule has 0 radical (unpaired) electrons. The van der Waals surface area contributed by atoms with E-state index in [-0.39, 0.29) is 0 Å². The maximum atomic E-state index is 9.37. The van der Waals surface area contributed by atoms with E-state index >= 15 is 0 Å². The summed E-state index contributed by atoms with van der Waals surface area (Å²) in [5.41, 5.74) is 7.40. The van der Waals surface area contributed by atoms with Crippen LogP contribution in [0.1, 0.15) is 38.3 Å². The second-order valence-corrected chi connectivity index (χ2v) is 5.57. The van der Waals surface area contributed by atoms with Crippen LogP contribution in [0, 0.1) is 5.92 Å². The van der Waals surface area contributed by atoms with Crippen molar-refractivity contribution in [3.63, 3.8) is 0 Å². The van der Waals surface area contributed by atoms with E-state index in [1.807, 2.05) is 12.1 Å². The number of nitrogens with two attached hydrogens (primary N) is 1. The fraction of sp³-hybridized carbons (Fsp3) is 0.600. The summed E-state index contributed by atoms with van der Waals surface area (Å²) in [4.78, 5) is 2.49. The van der Waals surface area contributed by atoms with E-state index < -0.39 is 0 Å². The number of hydrogen-bond acceptors (Lipinski definition) is 3. The number of likely N-dealkylation sites (tertiary alicyclic amines) is 1. The van der Waals surface area contributed by atoms with Gasteiger partial charge in [-0.15, -0.1) is 0 Å². The molecule has 0 amide bonds. The Hall–Kier alpha value is -1.06. The topological polar surface area (TPSA) is 49.5 Å². The van der Waals surface area contributed by atoms with Gasteiger partial charge in [-0.1, -0.05) is 26.0 Å². The lowest BCUT2D eigenvalue weighted by Crippen LogP contribution is -2.47. The molecule has 3 unspecified atom stereocenters. The maximum absolute atomic E-state index is 9.37. The minimum atomic E-state index is 0.292. The number of aromatic hydroxyl groups is 1. The van der Waals surface area contributed by atoms with Gasteiger partial charge in [0.25, 0.3) is 0 Å². The van der Waals surface area contributed by atoms with Gasteiger partial charge in [0.05, 0.1) is 0 Å². The van der Waals surface area contributed by atoms with Crippen molar-refractivity contribution in [2.24, 2.45) is 11.7 Å². The van der Waals surface area contributed by atoms with Gasteiger partial charge >= 0.3 is 0 Å². The first-order valence-electron chi connectivity index (χ1n) is 6.88. The van der Waals surface area contributed by atoms with Crippen molar-refractivity contribution < 1.29 is 5.11 Å². The number of phenols is 1. The van der Waals surface area contributed by atoms with Crippen LogP contribution in [0.2, 0.25) is 0 Å². The van der Waals surface area contributed by atoms with Crippen molar-refractivity contribution in [3.05, 3.63) is 29.8 Å². The SMILES string of the molecule is CCC(c1ccc(O)cc1)N1CC(C)CC(N)C1. The second kappa shape index (κ2) is 5.72. The van der Waals surface area contributed by atoms with Crippen molar-refractivity contribution in [1.29, 1.82) is 0 Å². The quantitative estimate of drug-likeness (QED) is 0.864. The molecule has 1 aliphatic heterocycles. The molecular formula is C15H24N2O. The molecule has 3 heteroatoms. The van der Waals surface area contributed by atoms with Gasteiger partial charge in [-0.05, 0) is 36.5 Å². The molecule has 1 aliphatic rings. The predicted octanol–water partition coefficient (Wildman–Crippen LogP) is 2.51. The molecule has 3 nitrogen and oxygen atoms in total. The van der Waals surface area contributed by atoms with Crippen molar-refractivity contribution >= 4 is 0 Å². The molecule has 0 spiro atoms. The largest absolute Gasteiger partial charge is 0.508 e. The van der Waals surface area contributed by atoms with Crippen LogP contribution < -0.4 is 5.73 Å². The lowest BCUT2D eigenvalue weighted by Gasteiger charge is -2.40. The number of piperidine rings is 1. The molecule has 3 N–H and O–H groups in total. The maximum Gasteiger partial charge on any atom is 0.115 e. The highest BCUT2D eigenvalue weighted by molar-refractivity contribution is 5.28. The third-order valence-electron chi connectivity index (χ3n) is 3.83. The van der Waals surface area contributed by atoms with Gasteiger partial charge in [0.15, 0.2) is 0 Å². The Bertz CT molecular complexity index is 367. The normalized spacial score (nSPS) is 27.1. The van der Waals surface area contributed by atoms with E-state index in [9.17, 15) is 5.11 Å². The molecule has 100 valence electrons. The Morgan fingerprint density at radius 3 is 2.56 bits per heavy atom. The smallest absolute Gasteiger partial charge is 0.115 e. The van der Waals surface area contributed by atoms with Gasteiger partial charge in [0.1, 0.15) is 5.75 Å². The highest BCUT2D eigenvalue weighted by Crippen LogP contribution is 2.29. The molecular weight excluding hydrogens is 224 g/mol. The van der Waals surface area contributed by atoms with E-state index in [0.29, 0.717) is 23.8 Å². The van der Waals surface area contributed by atoms with Crippen molar-refractivity contribution in [3.8, 4) is 5.75 Å². The van der Waals surface area contributed by atoms with Gasteiger partial charge < -0.3 is 10.8 Å². The van der Waals surface area contributed by atoms with Gasteiger partial charge in [-0.3, -0.25) is 4.90 Å². The average Bonchev–Trinajstić information content (AvgIpc) is 2.31. The molecule has 18 heavy (non-hydrogen) atoms. The molecule has 3 atom stereocenters. The van der Waals surface area contributed by atoms with E-state index in [2.05, 4.69) is 18.7 Å². The van der Waals surface area contributed by atoms with Crippen molar-refractivity contribution in [2.75, 3.05) is 13.1 Å². The molecule has 1 saturated heterocycles. The summed E-state index contributed by atoms with van der Waals surface area (Å²) in [6, 6.07) is 8.29. The van der Waals surface area contributed by atoms with E-state index in [1.165, 1.54) is 5.56 Å². The summed E-state index contributed by atoms with van der Waals surface area (Å²) in [6.07, 6.45) is 2.20. The molecule has 1 fully saturated rings. The van der Waals surface area contributed by atoms with E-state index in [0.717, 1.165) is 25.9 Å². The fourth-order valence-corrected chi connectivity index (χ4v) is 3.10. The zero-order valence-corrected chi connectivity index (χ0v) is 11.3. The first kappa shape index (κ1) is 13.4. The molecule has 2 rings (SSSR count). The van der Waals surface area contributed by atoms with E-state index in [1.54, 1.807) is 12.1 Å². The van der Waals surface area contributed by atoms with Gasteiger partial charge in [0, 0.05) is 25.2 Å². The molecule has 0 aromatic heterocycles. The summed E-state index contributed by atoms with van der Waals surface area (Å²) in [5.74, 6) is 0.997. The Morgan fingerprint density at radius 1 is 1.33 bits per heavy atom. The number of nitrogens with zero attached hydrogens (tertiary/aromatic N) is 1. The van der Waals surface area contributed by atoms with Crippen molar-refractivity contribution in [1.82, 2.24) is 4.90 Å². The fourth-order valence-electron chi connectivity index (χ4n) is 3.10. The van der Waals surface area contributed by atoms with Gasteiger partial charge in [0.2, 0.25) is 0 Å². The second-order valence-electron chi connectivity index (χ2n) is 5.57. The number of benzene rings is 1. The van der Waals surface area contributed by atoms with Crippen LogP contribution in [0.3, 0.4) is 0 Å². The summed E-state index contributed by atoms with van der Waals surface area (Å²) in [5, 5.41) is 9.37. The summed E-state index contributed by atoms with van der Waals surface area (Å²) in [6.45, 7) is 6.58. The van der Waals surface area contributed by atoms with Gasteiger partial charge in [-0.2, -0.15) is 0 Å². The summed E-state index contributed by atoms with van der Waals surface area (Å²) < 4.78 is 0. The molecule has 1 aromatic rings. The molecule has 0 bridgehead atoms. The Labute approximate surface area is 110 Å². The Morgan fingerprint density at radius 2 is 2.00 bits per heavy atom. The first-order valence-corrected chi connectivity index (χ1v) is 6.88. The molecule has 1 aromatic carbocycles. The van der Waals surface area contributed by atoms with Crippen LogP contribution in [0.25, 0.3) is 0 Å². The van der Waals surface area contributed by atoms with Crippen LogP contribution >= 0.6 is 0 Å².